The maximum absolute atomic E-state index is 13.1. The fourth-order valence-corrected chi connectivity index (χ4v) is 14.0. The molecule has 602 valence electrons. The number of phosphoric acid groups is 2. The normalized spacial score (nSPS) is 13.9. The summed E-state index contributed by atoms with van der Waals surface area (Å²) in [7, 11) is -9.93. The lowest BCUT2D eigenvalue weighted by Crippen LogP contribution is -2.30. The second-order valence-electron chi connectivity index (χ2n) is 29.2. The molecule has 3 N–H and O–H groups in total. The van der Waals surface area contributed by atoms with Gasteiger partial charge < -0.3 is 33.8 Å². The van der Waals surface area contributed by atoms with Crippen molar-refractivity contribution in [3.63, 3.8) is 0 Å². The molecular weight excluding hydrogens is 1330 g/mol. The molecule has 102 heavy (non-hydrogen) atoms. The zero-order chi connectivity index (χ0) is 74.6. The van der Waals surface area contributed by atoms with Crippen LogP contribution in [0.1, 0.15) is 426 Å². The minimum atomic E-state index is -4.97. The first-order valence-corrected chi connectivity index (χ1v) is 45.6. The van der Waals surface area contributed by atoms with E-state index in [0.717, 1.165) is 109 Å². The van der Waals surface area contributed by atoms with E-state index >= 15 is 0 Å². The Kier molecular flexibility index (Phi) is 74.9. The molecule has 5 atom stereocenters. The molecule has 0 saturated heterocycles. The van der Waals surface area contributed by atoms with Crippen LogP contribution < -0.4 is 0 Å². The van der Waals surface area contributed by atoms with Crippen LogP contribution in [-0.4, -0.2) is 96.7 Å². The number of aliphatic hydroxyl groups is 1. The Morgan fingerprint density at radius 1 is 0.275 bits per heavy atom. The van der Waals surface area contributed by atoms with Crippen LogP contribution in [0.25, 0.3) is 0 Å². The minimum absolute atomic E-state index is 0.0855. The highest BCUT2D eigenvalue weighted by molar-refractivity contribution is 7.47. The molecule has 0 radical (unpaired) electrons. The van der Waals surface area contributed by atoms with E-state index in [1.807, 2.05) is 0 Å². The van der Waals surface area contributed by atoms with Gasteiger partial charge in [-0.15, -0.1) is 0 Å². The SMILES string of the molecule is CCCCCC/C=C\C=C/CCCCCCCC(=O)O[C@H](COC(=O)CCCCCCCCCC)COP(=O)(O)OC[C@H](O)COP(=O)(O)OC[C@@H](COC(=O)CCCCCCCCCCCCCCCCCCCCC)OC(=O)CCCCCCCCCCCCCCCCCCCCCC. The van der Waals surface area contributed by atoms with Crippen LogP contribution in [0.4, 0.5) is 0 Å². The number of phosphoric ester groups is 2. The molecule has 0 aromatic heterocycles. The van der Waals surface area contributed by atoms with Crippen LogP contribution in [0.2, 0.25) is 0 Å². The lowest BCUT2D eigenvalue weighted by atomic mass is 10.0. The molecule has 0 rings (SSSR count). The predicted molar refractivity (Wildman–Crippen MR) is 418 cm³/mol. The number of rotatable bonds is 82. The Hall–Kier alpha value is -2.46. The van der Waals surface area contributed by atoms with Gasteiger partial charge in [0.05, 0.1) is 26.4 Å². The van der Waals surface area contributed by atoms with Gasteiger partial charge in [-0.05, 0) is 51.4 Å². The average molecular weight is 1490 g/mol. The van der Waals surface area contributed by atoms with E-state index in [1.54, 1.807) is 0 Å². The monoisotopic (exact) mass is 1490 g/mol. The van der Waals surface area contributed by atoms with E-state index in [0.29, 0.717) is 25.7 Å². The Bertz CT molecular complexity index is 2020. The topological polar surface area (TPSA) is 237 Å². The van der Waals surface area contributed by atoms with Gasteiger partial charge in [0, 0.05) is 25.7 Å². The first-order valence-electron chi connectivity index (χ1n) is 42.6. The zero-order valence-electron chi connectivity index (χ0n) is 66.1. The highest BCUT2D eigenvalue weighted by Gasteiger charge is 2.30. The molecule has 2 unspecified atom stereocenters. The Morgan fingerprint density at radius 2 is 0.471 bits per heavy atom. The molecule has 17 nitrogen and oxygen atoms in total. The second-order valence-corrected chi connectivity index (χ2v) is 32.1. The summed E-state index contributed by atoms with van der Waals surface area (Å²) >= 11 is 0. The van der Waals surface area contributed by atoms with E-state index in [9.17, 15) is 43.2 Å². The van der Waals surface area contributed by atoms with Gasteiger partial charge in [0.15, 0.2) is 12.2 Å². The summed E-state index contributed by atoms with van der Waals surface area (Å²) in [4.78, 5) is 73.0. The minimum Gasteiger partial charge on any atom is -0.462 e. The number of carbonyl (C=O) groups excluding carboxylic acids is 4. The molecule has 0 spiro atoms. The Labute approximate surface area is 624 Å². The van der Waals surface area contributed by atoms with Crippen molar-refractivity contribution in [1.82, 2.24) is 0 Å². The predicted octanol–water partition coefficient (Wildman–Crippen LogP) is 24.9. The maximum atomic E-state index is 13.1. The molecule has 0 heterocycles. The van der Waals surface area contributed by atoms with Crippen molar-refractivity contribution < 1.29 is 80.2 Å². The van der Waals surface area contributed by atoms with Crippen LogP contribution in [-0.2, 0) is 65.4 Å². The van der Waals surface area contributed by atoms with Crippen LogP contribution in [0, 0.1) is 0 Å². The van der Waals surface area contributed by atoms with Gasteiger partial charge in [-0.2, -0.15) is 0 Å². The Balaban J connectivity index is 5.22. The number of aliphatic hydroxyl groups excluding tert-OH is 1. The number of unbranched alkanes of at least 4 members (excludes halogenated alkanes) is 53. The molecule has 0 aliphatic carbocycles. The van der Waals surface area contributed by atoms with Crippen molar-refractivity contribution in [2.75, 3.05) is 39.6 Å². The molecule has 0 fully saturated rings. The van der Waals surface area contributed by atoms with Crippen molar-refractivity contribution in [3.05, 3.63) is 24.3 Å². The highest BCUT2D eigenvalue weighted by atomic mass is 31.2. The van der Waals surface area contributed by atoms with Crippen LogP contribution in [0.15, 0.2) is 24.3 Å². The fourth-order valence-electron chi connectivity index (χ4n) is 12.5. The summed E-state index contributed by atoms with van der Waals surface area (Å²) in [5, 5.41) is 10.6. The van der Waals surface area contributed by atoms with E-state index in [2.05, 4.69) is 52.0 Å². The molecule has 0 saturated carbocycles. The summed E-state index contributed by atoms with van der Waals surface area (Å²) in [6.07, 6.45) is 73.2. The van der Waals surface area contributed by atoms with Crippen molar-refractivity contribution in [2.24, 2.45) is 0 Å². The highest BCUT2D eigenvalue weighted by Crippen LogP contribution is 2.45. The summed E-state index contributed by atoms with van der Waals surface area (Å²) in [5.41, 5.74) is 0. The van der Waals surface area contributed by atoms with Gasteiger partial charge >= 0.3 is 39.5 Å². The maximum Gasteiger partial charge on any atom is 0.472 e. The van der Waals surface area contributed by atoms with Gasteiger partial charge in [-0.3, -0.25) is 37.3 Å². The second kappa shape index (κ2) is 76.7. The lowest BCUT2D eigenvalue weighted by Gasteiger charge is -2.21. The van der Waals surface area contributed by atoms with E-state index in [-0.39, 0.29) is 25.7 Å². The van der Waals surface area contributed by atoms with Crippen molar-refractivity contribution >= 4 is 39.5 Å². The first-order chi connectivity index (χ1) is 49.7. The summed E-state index contributed by atoms with van der Waals surface area (Å²) in [6, 6.07) is 0. The molecule has 0 bridgehead atoms. The fraction of sp³-hybridized carbons (Fsp3) is 0.904. The standard InChI is InChI=1S/C83H158O17P2/c1-5-9-13-17-21-25-28-31-34-36-38-40-42-45-48-51-54-58-62-66-70-83(88)100-79(74-94-81(86)68-64-60-56-52-49-46-44-41-39-37-35-32-29-26-22-18-14-10-6-2)76-98-102(91,92)96-72-77(84)71-95-101(89,90)97-75-78(73-93-80(85)67-63-59-55-24-20-16-12-8-4)99-82(87)69-65-61-57-53-50-47-43-33-30-27-23-19-15-11-7-3/h27,30,33,43,77-79,84H,5-26,28-29,31-32,34-42,44-76H2,1-4H3,(H,89,90)(H,91,92)/b30-27-,43-33-/t77-,78+,79+/m0/s1. The van der Waals surface area contributed by atoms with Crippen LogP contribution >= 0.6 is 15.6 Å². The molecular formula is C83H158O17P2. The van der Waals surface area contributed by atoms with Gasteiger partial charge in [0.25, 0.3) is 0 Å². The third-order valence-corrected chi connectivity index (χ3v) is 20.9. The average Bonchev–Trinajstić information content (AvgIpc) is 0.974. The third kappa shape index (κ3) is 75.8. The number of allylic oxidation sites excluding steroid dienone is 4. The van der Waals surface area contributed by atoms with Gasteiger partial charge in [0.1, 0.15) is 19.3 Å². The molecule has 0 aromatic rings. The summed E-state index contributed by atoms with van der Waals surface area (Å²) in [6.45, 7) is 4.94. The molecule has 0 aromatic carbocycles. The first kappa shape index (κ1) is 99.5. The summed E-state index contributed by atoms with van der Waals surface area (Å²) in [5.74, 6) is -2.14. The smallest absolute Gasteiger partial charge is 0.462 e. The number of hydrogen-bond acceptors (Lipinski definition) is 15. The third-order valence-electron chi connectivity index (χ3n) is 19.0. The van der Waals surface area contributed by atoms with Crippen LogP contribution in [0.5, 0.6) is 0 Å². The van der Waals surface area contributed by atoms with Crippen molar-refractivity contribution in [2.45, 2.75) is 444 Å². The number of hydrogen-bond donors (Lipinski definition) is 3. The van der Waals surface area contributed by atoms with Gasteiger partial charge in [0.2, 0.25) is 0 Å². The van der Waals surface area contributed by atoms with E-state index in [4.69, 9.17) is 37.0 Å². The summed E-state index contributed by atoms with van der Waals surface area (Å²) < 4.78 is 68.6. The quantitative estimate of drug-likeness (QED) is 0.0169. The molecule has 0 aliphatic heterocycles. The molecule has 19 heteroatoms. The van der Waals surface area contributed by atoms with Crippen molar-refractivity contribution in [1.29, 1.82) is 0 Å². The zero-order valence-corrected chi connectivity index (χ0v) is 67.9. The lowest BCUT2D eigenvalue weighted by molar-refractivity contribution is -0.161. The number of ether oxygens (including phenoxy) is 4. The number of carbonyl (C=O) groups is 4. The Morgan fingerprint density at radius 3 is 0.716 bits per heavy atom. The number of esters is 4. The van der Waals surface area contributed by atoms with E-state index < -0.39 is 97.5 Å². The van der Waals surface area contributed by atoms with E-state index in [1.165, 1.54) is 238 Å². The van der Waals surface area contributed by atoms with Gasteiger partial charge in [-0.1, -0.05) is 373 Å². The van der Waals surface area contributed by atoms with Crippen LogP contribution in [0.3, 0.4) is 0 Å². The van der Waals surface area contributed by atoms with Gasteiger partial charge in [-0.25, -0.2) is 9.13 Å². The van der Waals surface area contributed by atoms with Crippen molar-refractivity contribution in [3.8, 4) is 0 Å². The largest absolute Gasteiger partial charge is 0.472 e. The molecule has 0 aliphatic rings. The molecule has 0 amide bonds.